The summed E-state index contributed by atoms with van der Waals surface area (Å²) in [4.78, 5) is 0. The smallest absolute Gasteiger partial charge is 0.148 e. The van der Waals surface area contributed by atoms with Gasteiger partial charge in [-0.15, -0.1) is 0 Å². The van der Waals surface area contributed by atoms with E-state index >= 15 is 0 Å². The molecule has 3 nitrogen and oxygen atoms in total. The zero-order valence-corrected chi connectivity index (χ0v) is 14.0. The van der Waals surface area contributed by atoms with E-state index in [0.717, 1.165) is 6.42 Å². The van der Waals surface area contributed by atoms with Crippen molar-refractivity contribution in [2.45, 2.75) is 47.1 Å². The maximum Gasteiger partial charge on any atom is 0.148 e. The summed E-state index contributed by atoms with van der Waals surface area (Å²) in [6, 6.07) is 3.16. The van der Waals surface area contributed by atoms with Crippen molar-refractivity contribution in [3.63, 3.8) is 0 Å². The molecule has 0 fully saturated rings. The molecule has 118 valence electrons. The van der Waals surface area contributed by atoms with Crippen LogP contribution in [0, 0.1) is 22.6 Å². The number of hydrogen-bond donors (Lipinski definition) is 3. The minimum atomic E-state index is -0.292. The highest BCUT2D eigenvalue weighted by molar-refractivity contribution is 5.91. The zero-order chi connectivity index (χ0) is 16.2. The molecule has 4 heteroatoms. The first-order valence-corrected chi connectivity index (χ1v) is 7.50. The van der Waals surface area contributed by atoms with Crippen LogP contribution in [0.25, 0.3) is 0 Å². The van der Waals surface area contributed by atoms with E-state index in [1.54, 1.807) is 13.1 Å². The van der Waals surface area contributed by atoms with E-state index in [0.29, 0.717) is 22.9 Å². The van der Waals surface area contributed by atoms with Gasteiger partial charge in [-0.05, 0) is 36.8 Å². The van der Waals surface area contributed by atoms with Gasteiger partial charge in [0.1, 0.15) is 5.82 Å². The van der Waals surface area contributed by atoms with Crippen LogP contribution in [0.15, 0.2) is 12.1 Å². The van der Waals surface area contributed by atoms with Crippen LogP contribution in [0.4, 0.5) is 15.8 Å². The first kappa shape index (κ1) is 17.5. The van der Waals surface area contributed by atoms with Gasteiger partial charge >= 0.3 is 0 Å². The average Bonchev–Trinajstić information content (AvgIpc) is 2.40. The number of rotatable bonds is 7. The van der Waals surface area contributed by atoms with Crippen molar-refractivity contribution in [3.8, 4) is 0 Å². The normalized spacial score (nSPS) is 13.1. The minimum absolute atomic E-state index is 0.144. The number of halogens is 1. The van der Waals surface area contributed by atoms with E-state index in [2.05, 4.69) is 45.3 Å². The number of hydrogen-bond acceptors (Lipinski definition) is 3. The van der Waals surface area contributed by atoms with Crippen molar-refractivity contribution in [1.82, 2.24) is 0 Å². The Hall–Kier alpha value is -1.58. The second-order valence-electron chi connectivity index (χ2n) is 6.67. The fraction of sp³-hybridized carbons (Fsp3) is 0.588. The largest absolute Gasteiger partial charge is 0.386 e. The van der Waals surface area contributed by atoms with Crippen LogP contribution in [0.1, 0.15) is 46.6 Å². The van der Waals surface area contributed by atoms with Crippen LogP contribution >= 0.6 is 0 Å². The van der Waals surface area contributed by atoms with E-state index in [4.69, 9.17) is 5.41 Å². The van der Waals surface area contributed by atoms with Crippen molar-refractivity contribution in [2.75, 3.05) is 17.7 Å². The molecule has 0 saturated heterocycles. The monoisotopic (exact) mass is 293 g/mol. The average molecular weight is 293 g/mol. The summed E-state index contributed by atoms with van der Waals surface area (Å²) in [6.45, 7) is 11.0. The molecular weight excluding hydrogens is 265 g/mol. The summed E-state index contributed by atoms with van der Waals surface area (Å²) in [5.74, 6) is 0.266. The summed E-state index contributed by atoms with van der Waals surface area (Å²) in [5.41, 5.74) is 1.95. The molecule has 1 unspecified atom stereocenters. The second-order valence-corrected chi connectivity index (χ2v) is 6.67. The van der Waals surface area contributed by atoms with Gasteiger partial charge in [0.15, 0.2) is 0 Å². The van der Waals surface area contributed by atoms with Gasteiger partial charge in [0.25, 0.3) is 0 Å². The molecule has 0 aliphatic carbocycles. The topological polar surface area (TPSA) is 47.9 Å². The zero-order valence-electron chi connectivity index (χ0n) is 14.0. The third kappa shape index (κ3) is 4.19. The lowest BCUT2D eigenvalue weighted by atomic mass is 9.76. The predicted molar refractivity (Wildman–Crippen MR) is 90.2 cm³/mol. The molecule has 1 rings (SSSR count). The molecule has 0 aliphatic rings. The molecule has 0 aromatic heterocycles. The fourth-order valence-corrected chi connectivity index (χ4v) is 2.45. The van der Waals surface area contributed by atoms with Crippen LogP contribution in [-0.2, 0) is 0 Å². The molecule has 0 aliphatic heterocycles. The molecule has 0 amide bonds. The van der Waals surface area contributed by atoms with E-state index in [1.165, 1.54) is 12.3 Å². The van der Waals surface area contributed by atoms with Crippen molar-refractivity contribution < 1.29 is 4.39 Å². The molecule has 1 atom stereocenters. The van der Waals surface area contributed by atoms with Gasteiger partial charge in [0.2, 0.25) is 0 Å². The van der Waals surface area contributed by atoms with Gasteiger partial charge in [0, 0.05) is 24.9 Å². The Bertz CT molecular complexity index is 495. The predicted octanol–water partition coefficient (Wildman–Crippen LogP) is 4.74. The Morgan fingerprint density at radius 3 is 2.33 bits per heavy atom. The summed E-state index contributed by atoms with van der Waals surface area (Å²) in [5, 5.41) is 13.7. The summed E-state index contributed by atoms with van der Waals surface area (Å²) >= 11 is 0. The van der Waals surface area contributed by atoms with Crippen molar-refractivity contribution in [1.29, 1.82) is 5.41 Å². The van der Waals surface area contributed by atoms with Gasteiger partial charge in [-0.3, -0.25) is 0 Å². The highest BCUT2D eigenvalue weighted by atomic mass is 19.1. The number of nitrogens with one attached hydrogen (secondary N) is 3. The third-order valence-electron chi connectivity index (χ3n) is 4.38. The van der Waals surface area contributed by atoms with Gasteiger partial charge in [0.05, 0.1) is 11.4 Å². The van der Waals surface area contributed by atoms with Gasteiger partial charge in [-0.1, -0.05) is 27.7 Å². The lowest BCUT2D eigenvalue weighted by Crippen LogP contribution is -2.29. The van der Waals surface area contributed by atoms with Gasteiger partial charge < -0.3 is 16.0 Å². The molecule has 3 N–H and O–H groups in total. The van der Waals surface area contributed by atoms with Crippen LogP contribution in [0.3, 0.4) is 0 Å². The minimum Gasteiger partial charge on any atom is -0.386 e. The van der Waals surface area contributed by atoms with Crippen LogP contribution in [0.2, 0.25) is 0 Å². The van der Waals surface area contributed by atoms with E-state index < -0.39 is 0 Å². The molecule has 0 bridgehead atoms. The summed E-state index contributed by atoms with van der Waals surface area (Å²) in [7, 11) is 1.75. The maximum atomic E-state index is 14.1. The van der Waals surface area contributed by atoms with Crippen LogP contribution in [-0.4, -0.2) is 19.3 Å². The third-order valence-corrected chi connectivity index (χ3v) is 4.38. The van der Waals surface area contributed by atoms with Gasteiger partial charge in [-0.2, -0.15) is 0 Å². The van der Waals surface area contributed by atoms with Crippen molar-refractivity contribution >= 4 is 17.6 Å². The Balaban J connectivity index is 3.00. The van der Waals surface area contributed by atoms with Crippen LogP contribution in [0.5, 0.6) is 0 Å². The SMILES string of the molecule is CNc1c(C=N)ccc(F)c1NC(C)CC(C)(C)C(C)C. The molecule has 1 aromatic carbocycles. The quantitative estimate of drug-likeness (QED) is 0.636. The van der Waals surface area contributed by atoms with E-state index in [-0.39, 0.29) is 17.3 Å². The molecule has 0 heterocycles. The fourth-order valence-electron chi connectivity index (χ4n) is 2.45. The standard InChI is InChI=1S/C17H28FN3/c1-11(2)17(4,5)9-12(3)21-16-14(18)8-7-13(10-19)15(16)20-6/h7-8,10-12,19-21H,9H2,1-6H3. The molecule has 1 aromatic rings. The van der Waals surface area contributed by atoms with Crippen molar-refractivity contribution in [2.24, 2.45) is 11.3 Å². The molecule has 0 radical (unpaired) electrons. The number of benzene rings is 1. The lowest BCUT2D eigenvalue weighted by Gasteiger charge is -2.33. The first-order valence-electron chi connectivity index (χ1n) is 7.50. The molecule has 21 heavy (non-hydrogen) atoms. The summed E-state index contributed by atoms with van der Waals surface area (Å²) < 4.78 is 14.1. The van der Waals surface area contributed by atoms with Crippen molar-refractivity contribution in [3.05, 3.63) is 23.5 Å². The van der Waals surface area contributed by atoms with Gasteiger partial charge in [-0.25, -0.2) is 4.39 Å². The second kappa shape index (κ2) is 6.92. The molecule has 0 saturated carbocycles. The Kier molecular flexibility index (Phi) is 5.76. The highest BCUT2D eigenvalue weighted by Crippen LogP contribution is 2.34. The van der Waals surface area contributed by atoms with E-state index in [9.17, 15) is 4.39 Å². The van der Waals surface area contributed by atoms with Crippen LogP contribution < -0.4 is 10.6 Å². The Labute approximate surface area is 127 Å². The molecular formula is C17H28FN3. The summed E-state index contributed by atoms with van der Waals surface area (Å²) in [6.07, 6.45) is 2.18. The van der Waals surface area contributed by atoms with E-state index in [1.807, 2.05) is 0 Å². The first-order chi connectivity index (χ1) is 9.72. The molecule has 0 spiro atoms. The highest BCUT2D eigenvalue weighted by Gasteiger charge is 2.25. The maximum absolute atomic E-state index is 14.1. The lowest BCUT2D eigenvalue weighted by molar-refractivity contribution is 0.219. The number of anilines is 2. The Morgan fingerprint density at radius 1 is 1.24 bits per heavy atom. The Morgan fingerprint density at radius 2 is 1.86 bits per heavy atom.